The monoisotopic (exact) mass is 269 g/mol. The van der Waals surface area contributed by atoms with Crippen molar-refractivity contribution in [3.63, 3.8) is 0 Å². The van der Waals surface area contributed by atoms with Gasteiger partial charge in [0.25, 0.3) is 0 Å². The molecule has 0 aromatic heterocycles. The molecule has 0 aliphatic heterocycles. The van der Waals surface area contributed by atoms with Crippen LogP contribution in [0.5, 0.6) is 0 Å². The van der Waals surface area contributed by atoms with Crippen molar-refractivity contribution in [2.45, 2.75) is 18.4 Å². The highest BCUT2D eigenvalue weighted by Crippen LogP contribution is 2.37. The molecule has 1 aromatic carbocycles. The molecule has 0 spiro atoms. The van der Waals surface area contributed by atoms with Crippen molar-refractivity contribution in [1.82, 2.24) is 0 Å². The number of halogens is 1. The molecule has 0 saturated carbocycles. The van der Waals surface area contributed by atoms with Gasteiger partial charge in [0, 0.05) is 4.47 Å². The molecule has 0 bridgehead atoms. The number of ether oxygens (including phenoxy) is 1. The molecule has 0 saturated heterocycles. The highest BCUT2D eigenvalue weighted by atomic mass is 79.9. The molecule has 0 fully saturated rings. The van der Waals surface area contributed by atoms with Gasteiger partial charge in [-0.2, -0.15) is 0 Å². The SMILES string of the molecule is COC(=O)C1(N)CCc2ccc(Br)cc21. The lowest BCUT2D eigenvalue weighted by Crippen LogP contribution is -2.43. The van der Waals surface area contributed by atoms with Gasteiger partial charge in [-0.3, -0.25) is 0 Å². The Balaban J connectivity index is 2.51. The maximum absolute atomic E-state index is 11.6. The fourth-order valence-electron chi connectivity index (χ4n) is 2.04. The number of aryl methyl sites for hydroxylation is 1. The van der Waals surface area contributed by atoms with Crippen LogP contribution in [0.2, 0.25) is 0 Å². The molecular formula is C11H12BrNO2. The second kappa shape index (κ2) is 3.61. The van der Waals surface area contributed by atoms with Crippen LogP contribution in [0, 0.1) is 0 Å². The highest BCUT2D eigenvalue weighted by molar-refractivity contribution is 9.10. The smallest absolute Gasteiger partial charge is 0.330 e. The first-order valence-corrected chi connectivity index (χ1v) is 5.53. The van der Waals surface area contributed by atoms with Crippen molar-refractivity contribution in [3.8, 4) is 0 Å². The second-order valence-electron chi connectivity index (χ2n) is 3.76. The van der Waals surface area contributed by atoms with Gasteiger partial charge in [-0.15, -0.1) is 0 Å². The molecule has 2 N–H and O–H groups in total. The van der Waals surface area contributed by atoms with Crippen molar-refractivity contribution >= 4 is 21.9 Å². The normalized spacial score (nSPS) is 23.7. The molecule has 3 nitrogen and oxygen atoms in total. The zero-order valence-electron chi connectivity index (χ0n) is 8.42. The van der Waals surface area contributed by atoms with Crippen LogP contribution >= 0.6 is 15.9 Å². The lowest BCUT2D eigenvalue weighted by Gasteiger charge is -2.22. The Labute approximate surface area is 96.7 Å². The van der Waals surface area contributed by atoms with Crippen LogP contribution in [-0.2, 0) is 21.5 Å². The summed E-state index contributed by atoms with van der Waals surface area (Å²) in [4.78, 5) is 11.6. The van der Waals surface area contributed by atoms with Crippen LogP contribution < -0.4 is 5.73 Å². The van der Waals surface area contributed by atoms with Gasteiger partial charge in [0.2, 0.25) is 0 Å². The number of fused-ring (bicyclic) bond motifs is 1. The zero-order chi connectivity index (χ0) is 11.1. The van der Waals surface area contributed by atoms with Gasteiger partial charge in [0.15, 0.2) is 0 Å². The van der Waals surface area contributed by atoms with Crippen LogP contribution in [0.3, 0.4) is 0 Å². The van der Waals surface area contributed by atoms with Gasteiger partial charge in [0.05, 0.1) is 7.11 Å². The quantitative estimate of drug-likeness (QED) is 0.790. The van der Waals surface area contributed by atoms with Gasteiger partial charge in [-0.05, 0) is 36.1 Å². The first-order valence-electron chi connectivity index (χ1n) is 4.74. The number of esters is 1. The number of benzene rings is 1. The van der Waals surface area contributed by atoms with Crippen molar-refractivity contribution < 1.29 is 9.53 Å². The van der Waals surface area contributed by atoms with Crippen LogP contribution in [0.1, 0.15) is 17.5 Å². The molecule has 15 heavy (non-hydrogen) atoms. The van der Waals surface area contributed by atoms with E-state index in [9.17, 15) is 4.79 Å². The lowest BCUT2D eigenvalue weighted by atomic mass is 9.93. The van der Waals surface area contributed by atoms with Gasteiger partial charge >= 0.3 is 5.97 Å². The number of hydrogen-bond donors (Lipinski definition) is 1. The van der Waals surface area contributed by atoms with Crippen molar-refractivity contribution in [2.24, 2.45) is 5.73 Å². The first kappa shape index (κ1) is 10.6. The van der Waals surface area contributed by atoms with Crippen LogP contribution in [0.25, 0.3) is 0 Å². The van der Waals surface area contributed by atoms with Gasteiger partial charge < -0.3 is 10.5 Å². The number of carbonyl (C=O) groups is 1. The summed E-state index contributed by atoms with van der Waals surface area (Å²) in [5.41, 5.74) is 7.14. The maximum atomic E-state index is 11.6. The average molecular weight is 270 g/mol. The molecular weight excluding hydrogens is 258 g/mol. The topological polar surface area (TPSA) is 52.3 Å². The van der Waals surface area contributed by atoms with Crippen LogP contribution in [-0.4, -0.2) is 13.1 Å². The van der Waals surface area contributed by atoms with E-state index in [0.717, 1.165) is 22.0 Å². The van der Waals surface area contributed by atoms with E-state index in [2.05, 4.69) is 15.9 Å². The lowest BCUT2D eigenvalue weighted by molar-refractivity contribution is -0.147. The fourth-order valence-corrected chi connectivity index (χ4v) is 2.40. The molecule has 0 radical (unpaired) electrons. The molecule has 1 aromatic rings. The summed E-state index contributed by atoms with van der Waals surface area (Å²) in [5, 5.41) is 0. The van der Waals surface area contributed by atoms with Crippen molar-refractivity contribution in [3.05, 3.63) is 33.8 Å². The minimum Gasteiger partial charge on any atom is -0.467 e. The summed E-state index contributed by atoms with van der Waals surface area (Å²) in [6, 6.07) is 5.86. The summed E-state index contributed by atoms with van der Waals surface area (Å²) in [5.74, 6) is -0.362. The molecule has 0 amide bonds. The third-order valence-electron chi connectivity index (χ3n) is 2.89. The predicted octanol–water partition coefficient (Wildman–Crippen LogP) is 1.72. The minimum absolute atomic E-state index is 0.362. The maximum Gasteiger partial charge on any atom is 0.330 e. The zero-order valence-corrected chi connectivity index (χ0v) is 10.0. The van der Waals surface area contributed by atoms with Crippen molar-refractivity contribution in [2.75, 3.05) is 7.11 Å². The van der Waals surface area contributed by atoms with E-state index in [-0.39, 0.29) is 5.97 Å². The Bertz CT molecular complexity index is 419. The number of rotatable bonds is 1. The molecule has 1 atom stereocenters. The number of carbonyl (C=O) groups excluding carboxylic acids is 1. The Morgan fingerprint density at radius 1 is 1.60 bits per heavy atom. The highest BCUT2D eigenvalue weighted by Gasteiger charge is 2.42. The van der Waals surface area contributed by atoms with Gasteiger partial charge in [-0.1, -0.05) is 22.0 Å². The molecule has 1 unspecified atom stereocenters. The Hall–Kier alpha value is -0.870. The predicted molar refractivity (Wildman–Crippen MR) is 60.3 cm³/mol. The third kappa shape index (κ3) is 1.58. The van der Waals surface area contributed by atoms with E-state index in [1.54, 1.807) is 0 Å². The van der Waals surface area contributed by atoms with E-state index in [4.69, 9.17) is 10.5 Å². The molecule has 80 valence electrons. The number of methoxy groups -OCH3 is 1. The summed E-state index contributed by atoms with van der Waals surface area (Å²) >= 11 is 3.38. The molecule has 0 heterocycles. The summed E-state index contributed by atoms with van der Waals surface area (Å²) in [7, 11) is 1.37. The van der Waals surface area contributed by atoms with E-state index in [1.165, 1.54) is 7.11 Å². The van der Waals surface area contributed by atoms with E-state index >= 15 is 0 Å². The van der Waals surface area contributed by atoms with E-state index in [1.807, 2.05) is 18.2 Å². The molecule has 1 aliphatic carbocycles. The fraction of sp³-hybridized carbons (Fsp3) is 0.364. The Kier molecular flexibility index (Phi) is 2.56. The van der Waals surface area contributed by atoms with Crippen LogP contribution in [0.4, 0.5) is 0 Å². The summed E-state index contributed by atoms with van der Waals surface area (Å²) in [6.07, 6.45) is 1.44. The third-order valence-corrected chi connectivity index (χ3v) is 3.38. The molecule has 2 rings (SSSR count). The number of nitrogens with two attached hydrogens (primary N) is 1. The molecule has 1 aliphatic rings. The second-order valence-corrected chi connectivity index (χ2v) is 4.68. The Morgan fingerprint density at radius 3 is 3.00 bits per heavy atom. The summed E-state index contributed by atoms with van der Waals surface area (Å²) < 4.78 is 5.69. The van der Waals surface area contributed by atoms with E-state index in [0.29, 0.717) is 6.42 Å². The van der Waals surface area contributed by atoms with E-state index < -0.39 is 5.54 Å². The van der Waals surface area contributed by atoms with Gasteiger partial charge in [-0.25, -0.2) is 4.79 Å². The Morgan fingerprint density at radius 2 is 2.33 bits per heavy atom. The van der Waals surface area contributed by atoms with Crippen LogP contribution in [0.15, 0.2) is 22.7 Å². The summed E-state index contributed by atoms with van der Waals surface area (Å²) in [6.45, 7) is 0. The standard InChI is InChI=1S/C11H12BrNO2/c1-15-10(14)11(13)5-4-7-2-3-8(12)6-9(7)11/h2-3,6H,4-5,13H2,1H3. The molecule has 4 heteroatoms. The minimum atomic E-state index is -0.964. The van der Waals surface area contributed by atoms with Crippen molar-refractivity contribution in [1.29, 1.82) is 0 Å². The van der Waals surface area contributed by atoms with Gasteiger partial charge in [0.1, 0.15) is 5.54 Å². The number of hydrogen-bond acceptors (Lipinski definition) is 3. The first-order chi connectivity index (χ1) is 7.08. The largest absolute Gasteiger partial charge is 0.467 e. The average Bonchev–Trinajstić information content (AvgIpc) is 2.57.